The standard InChI is InChI=1S/C29H29ClN2O2/c1-31-27-11-5-4-8-25(27)23(24-7-2-3-9-26(24)28(31)33)10-6-18-32-19-16-29(34,17-20-32)21-12-14-22(30)15-13-21/h2-5,7-15,34H,6,16-20H2,1H3/b23-10+. The summed E-state index contributed by atoms with van der Waals surface area (Å²) in [5.74, 6) is 0.0176. The first-order valence-electron chi connectivity index (χ1n) is 11.8. The Bertz CT molecular complexity index is 1230. The van der Waals surface area contributed by atoms with Crippen LogP contribution in [-0.2, 0) is 5.60 Å². The molecule has 0 bridgehead atoms. The highest BCUT2D eigenvalue weighted by molar-refractivity contribution is 6.30. The van der Waals surface area contributed by atoms with E-state index in [9.17, 15) is 9.90 Å². The van der Waals surface area contributed by atoms with Gasteiger partial charge in [-0.25, -0.2) is 0 Å². The Hall–Kier alpha value is -2.92. The molecule has 0 spiro atoms. The lowest BCUT2D eigenvalue weighted by Gasteiger charge is -2.38. The molecule has 3 aromatic carbocycles. The van der Waals surface area contributed by atoms with Crippen LogP contribution < -0.4 is 4.90 Å². The van der Waals surface area contributed by atoms with E-state index in [1.54, 1.807) is 4.90 Å². The summed E-state index contributed by atoms with van der Waals surface area (Å²) in [4.78, 5) is 17.3. The predicted molar refractivity (Wildman–Crippen MR) is 138 cm³/mol. The molecule has 0 saturated carbocycles. The van der Waals surface area contributed by atoms with Crippen LogP contribution in [-0.4, -0.2) is 42.6 Å². The van der Waals surface area contributed by atoms with Gasteiger partial charge in [0.05, 0.1) is 11.3 Å². The number of fused-ring (bicyclic) bond motifs is 2. The van der Waals surface area contributed by atoms with Gasteiger partial charge in [0.15, 0.2) is 0 Å². The molecule has 1 fully saturated rings. The van der Waals surface area contributed by atoms with Gasteiger partial charge in [-0.05, 0) is 60.2 Å². The number of benzene rings is 3. The summed E-state index contributed by atoms with van der Waals surface area (Å²) in [6.07, 6.45) is 4.55. The molecule has 2 heterocycles. The number of carbonyl (C=O) groups is 1. The summed E-state index contributed by atoms with van der Waals surface area (Å²) in [6.45, 7) is 2.60. The molecule has 0 unspecified atom stereocenters. The summed E-state index contributed by atoms with van der Waals surface area (Å²) in [7, 11) is 1.84. The first-order chi connectivity index (χ1) is 16.5. The highest BCUT2D eigenvalue weighted by Gasteiger charge is 2.33. The van der Waals surface area contributed by atoms with Crippen molar-refractivity contribution in [1.29, 1.82) is 0 Å². The van der Waals surface area contributed by atoms with Crippen molar-refractivity contribution in [1.82, 2.24) is 4.90 Å². The van der Waals surface area contributed by atoms with Crippen LogP contribution in [0.15, 0.2) is 78.9 Å². The molecule has 3 aromatic rings. The van der Waals surface area contributed by atoms with Crippen LogP contribution in [0, 0.1) is 0 Å². The van der Waals surface area contributed by atoms with Gasteiger partial charge in [0.1, 0.15) is 0 Å². The van der Waals surface area contributed by atoms with E-state index in [1.807, 2.05) is 73.8 Å². The van der Waals surface area contributed by atoms with E-state index >= 15 is 0 Å². The summed E-state index contributed by atoms with van der Waals surface area (Å²) in [5.41, 5.74) is 5.00. The number of aliphatic hydroxyl groups is 1. The maximum Gasteiger partial charge on any atom is 0.258 e. The van der Waals surface area contributed by atoms with Crippen LogP contribution in [0.5, 0.6) is 0 Å². The molecule has 174 valence electrons. The second kappa shape index (κ2) is 9.38. The number of anilines is 1. The van der Waals surface area contributed by atoms with Crippen LogP contribution in [0.25, 0.3) is 5.57 Å². The average molecular weight is 473 g/mol. The van der Waals surface area contributed by atoms with Crippen molar-refractivity contribution in [3.63, 3.8) is 0 Å². The number of rotatable bonds is 4. The molecule has 1 saturated heterocycles. The smallest absolute Gasteiger partial charge is 0.258 e. The van der Waals surface area contributed by atoms with Crippen LogP contribution >= 0.6 is 11.6 Å². The number of hydrogen-bond acceptors (Lipinski definition) is 3. The fourth-order valence-electron chi connectivity index (χ4n) is 5.14. The third-order valence-electron chi connectivity index (χ3n) is 7.17. The van der Waals surface area contributed by atoms with Gasteiger partial charge in [0.2, 0.25) is 0 Å². The minimum Gasteiger partial charge on any atom is -0.385 e. The molecule has 1 amide bonds. The number of likely N-dealkylation sites (tertiary alicyclic amines) is 1. The monoisotopic (exact) mass is 472 g/mol. The Morgan fingerprint density at radius 1 is 0.912 bits per heavy atom. The van der Waals surface area contributed by atoms with Gasteiger partial charge in [0, 0.05) is 42.8 Å². The van der Waals surface area contributed by atoms with Crippen LogP contribution in [0.3, 0.4) is 0 Å². The quantitative estimate of drug-likeness (QED) is 0.527. The highest BCUT2D eigenvalue weighted by Crippen LogP contribution is 2.38. The minimum atomic E-state index is -0.788. The third-order valence-corrected chi connectivity index (χ3v) is 7.42. The van der Waals surface area contributed by atoms with Crippen molar-refractivity contribution in [3.05, 3.63) is 106 Å². The number of hydrogen-bond donors (Lipinski definition) is 1. The first-order valence-corrected chi connectivity index (χ1v) is 12.2. The Morgan fingerprint density at radius 3 is 2.24 bits per heavy atom. The molecule has 5 heteroatoms. The molecule has 0 atom stereocenters. The highest BCUT2D eigenvalue weighted by atomic mass is 35.5. The Balaban J connectivity index is 1.33. The van der Waals surface area contributed by atoms with E-state index < -0.39 is 5.60 Å². The van der Waals surface area contributed by atoms with E-state index in [2.05, 4.69) is 17.0 Å². The summed E-state index contributed by atoms with van der Waals surface area (Å²) in [6, 6.07) is 23.5. The number of nitrogens with zero attached hydrogens (tertiary/aromatic N) is 2. The molecule has 0 aromatic heterocycles. The maximum atomic E-state index is 13.1. The number of carbonyl (C=O) groups excluding carboxylic acids is 1. The van der Waals surface area contributed by atoms with Crippen LogP contribution in [0.4, 0.5) is 5.69 Å². The maximum absolute atomic E-state index is 13.1. The zero-order valence-electron chi connectivity index (χ0n) is 19.4. The molecule has 34 heavy (non-hydrogen) atoms. The van der Waals surface area contributed by atoms with Crippen molar-refractivity contribution in [2.75, 3.05) is 31.6 Å². The summed E-state index contributed by atoms with van der Waals surface area (Å²) < 4.78 is 0. The second-order valence-corrected chi connectivity index (χ2v) is 9.65. The second-order valence-electron chi connectivity index (χ2n) is 9.21. The number of piperidine rings is 1. The summed E-state index contributed by atoms with van der Waals surface area (Å²) in [5, 5.41) is 11.8. The third kappa shape index (κ3) is 4.29. The zero-order valence-corrected chi connectivity index (χ0v) is 20.1. The predicted octanol–water partition coefficient (Wildman–Crippen LogP) is 5.74. The molecule has 0 radical (unpaired) electrons. The Morgan fingerprint density at radius 2 is 1.53 bits per heavy atom. The van der Waals surface area contributed by atoms with Crippen molar-refractivity contribution < 1.29 is 9.90 Å². The minimum absolute atomic E-state index is 0.0176. The first kappa shape index (κ1) is 22.9. The van der Waals surface area contributed by atoms with Crippen molar-refractivity contribution >= 4 is 28.8 Å². The lowest BCUT2D eigenvalue weighted by molar-refractivity contribution is -0.0254. The molecule has 2 aliphatic rings. The number of para-hydroxylation sites is 1. The number of amides is 1. The van der Waals surface area contributed by atoms with E-state index in [0.717, 1.165) is 59.6 Å². The molecule has 2 aliphatic heterocycles. The zero-order chi connectivity index (χ0) is 23.7. The average Bonchev–Trinajstić information content (AvgIpc) is 2.95. The van der Waals surface area contributed by atoms with Gasteiger partial charge in [-0.1, -0.05) is 66.2 Å². The van der Waals surface area contributed by atoms with E-state index in [1.165, 1.54) is 0 Å². The van der Waals surface area contributed by atoms with E-state index in [-0.39, 0.29) is 5.91 Å². The van der Waals surface area contributed by atoms with Crippen molar-refractivity contribution in [2.24, 2.45) is 0 Å². The fourth-order valence-corrected chi connectivity index (χ4v) is 5.27. The lowest BCUT2D eigenvalue weighted by Crippen LogP contribution is -2.42. The van der Waals surface area contributed by atoms with Gasteiger partial charge < -0.3 is 14.9 Å². The van der Waals surface area contributed by atoms with Gasteiger partial charge in [-0.15, -0.1) is 0 Å². The molecule has 1 N–H and O–H groups in total. The molecule has 0 aliphatic carbocycles. The van der Waals surface area contributed by atoms with Crippen LogP contribution in [0.2, 0.25) is 5.02 Å². The molecular weight excluding hydrogens is 444 g/mol. The van der Waals surface area contributed by atoms with Crippen molar-refractivity contribution in [2.45, 2.75) is 24.9 Å². The Labute approximate surface area is 206 Å². The van der Waals surface area contributed by atoms with Gasteiger partial charge >= 0.3 is 0 Å². The molecule has 5 rings (SSSR count). The topological polar surface area (TPSA) is 43.8 Å². The van der Waals surface area contributed by atoms with Crippen LogP contribution in [0.1, 0.15) is 46.3 Å². The van der Waals surface area contributed by atoms with Gasteiger partial charge in [0.25, 0.3) is 5.91 Å². The lowest BCUT2D eigenvalue weighted by atomic mass is 9.84. The summed E-state index contributed by atoms with van der Waals surface area (Å²) >= 11 is 6.01. The molecule has 4 nitrogen and oxygen atoms in total. The van der Waals surface area contributed by atoms with Crippen molar-refractivity contribution in [3.8, 4) is 0 Å². The molecular formula is C29H29ClN2O2. The van der Waals surface area contributed by atoms with Gasteiger partial charge in [-0.2, -0.15) is 0 Å². The van der Waals surface area contributed by atoms with E-state index in [0.29, 0.717) is 17.9 Å². The normalized spacial score (nSPS) is 19.0. The Kier molecular flexibility index (Phi) is 6.30. The SMILES string of the molecule is CN1C(=O)c2ccccc2/C(=C\CCN2CCC(O)(c3ccc(Cl)cc3)CC2)c2ccccc21. The fraction of sp³-hybridized carbons (Fsp3) is 0.276. The largest absolute Gasteiger partial charge is 0.385 e. The van der Waals surface area contributed by atoms with E-state index in [4.69, 9.17) is 11.6 Å². The van der Waals surface area contributed by atoms with Gasteiger partial charge in [-0.3, -0.25) is 4.79 Å². The number of halogens is 1.